The van der Waals surface area contributed by atoms with Gasteiger partial charge in [-0.1, -0.05) is 0 Å². The van der Waals surface area contributed by atoms with Gasteiger partial charge in [0.25, 0.3) is 0 Å². The van der Waals surface area contributed by atoms with Gasteiger partial charge in [-0.05, 0) is 159 Å². The highest BCUT2D eigenvalue weighted by atomic mass is 32.2. The van der Waals surface area contributed by atoms with Crippen LogP contribution in [0.3, 0.4) is 0 Å². The molecule has 2 unspecified atom stereocenters. The van der Waals surface area contributed by atoms with E-state index in [1.165, 1.54) is 0 Å². The molecule has 4 aliphatic rings. The third kappa shape index (κ3) is 13.1. The third-order valence-corrected chi connectivity index (χ3v) is 13.7. The lowest BCUT2D eigenvalue weighted by molar-refractivity contribution is -0.170. The van der Waals surface area contributed by atoms with Crippen molar-refractivity contribution in [3.05, 3.63) is 0 Å². The van der Waals surface area contributed by atoms with Crippen molar-refractivity contribution in [2.45, 2.75) is 153 Å². The molecule has 0 spiro atoms. The summed E-state index contributed by atoms with van der Waals surface area (Å²) in [6.07, 6.45) is 6.29. The van der Waals surface area contributed by atoms with E-state index in [1.54, 1.807) is 0 Å². The Morgan fingerprint density at radius 2 is 0.679 bits per heavy atom. The quantitative estimate of drug-likeness (QED) is 0.129. The number of rotatable bonds is 16. The summed E-state index contributed by atoms with van der Waals surface area (Å²) >= 11 is 0.965. The summed E-state index contributed by atoms with van der Waals surface area (Å²) in [5, 5.41) is 11.2. The van der Waals surface area contributed by atoms with E-state index >= 15 is 0 Å². The fourth-order valence-corrected chi connectivity index (χ4v) is 9.78. The highest BCUT2D eigenvalue weighted by Crippen LogP contribution is 2.37. The molecule has 4 rings (SSSR count). The molecule has 304 valence electrons. The number of thioether (sulfide) groups is 1. The maximum atomic E-state index is 14.3. The summed E-state index contributed by atoms with van der Waals surface area (Å²) in [5.41, 5.74) is -3.09. The molecule has 13 heteroatoms. The topological polar surface area (TPSA) is 153 Å². The minimum absolute atomic E-state index is 0.128. The molecule has 0 saturated carbocycles. The van der Waals surface area contributed by atoms with Crippen LogP contribution < -0.4 is 21.3 Å². The van der Waals surface area contributed by atoms with Gasteiger partial charge in [0, 0.05) is 23.7 Å². The van der Waals surface area contributed by atoms with E-state index in [-0.39, 0.29) is 36.5 Å². The lowest BCUT2D eigenvalue weighted by atomic mass is 9.83. The van der Waals surface area contributed by atoms with Gasteiger partial charge in [-0.3, -0.25) is 19.2 Å². The van der Waals surface area contributed by atoms with Crippen molar-refractivity contribution in [3.8, 4) is 0 Å². The van der Waals surface area contributed by atoms with Gasteiger partial charge in [0.05, 0.1) is 12.8 Å². The summed E-state index contributed by atoms with van der Waals surface area (Å²) in [6, 6.07) is 0. The van der Waals surface area contributed by atoms with Gasteiger partial charge in [0.1, 0.15) is 32.9 Å². The van der Waals surface area contributed by atoms with Crippen molar-refractivity contribution in [2.75, 3.05) is 52.4 Å². The second-order valence-electron chi connectivity index (χ2n) is 17.8. The zero-order valence-electron chi connectivity index (χ0n) is 33.9. The van der Waals surface area contributed by atoms with Crippen molar-refractivity contribution in [2.24, 2.45) is 23.7 Å². The second-order valence-corrected chi connectivity index (χ2v) is 19.2. The predicted octanol–water partition coefficient (Wildman–Crippen LogP) is 4.52. The SMILES string of the molecule is CC(C)(OC(=O)CC(SC(CC(=O)OC(C)(C)C1CCNCC1)C(=O)OC(C)(C)C1CCNCC1)C(=O)OC(C)(C)C1CCNCC1)C1CCNCC1. The number of ether oxygens (including phenoxy) is 4. The van der Waals surface area contributed by atoms with Crippen LogP contribution in [0.4, 0.5) is 0 Å². The van der Waals surface area contributed by atoms with Crippen molar-refractivity contribution in [1.82, 2.24) is 21.3 Å². The number of piperidine rings is 4. The maximum Gasteiger partial charge on any atom is 0.320 e. The number of nitrogens with one attached hydrogen (secondary N) is 4. The van der Waals surface area contributed by atoms with E-state index < -0.39 is 56.8 Å². The fraction of sp³-hybridized carbons (Fsp3) is 0.900. The smallest absolute Gasteiger partial charge is 0.320 e. The van der Waals surface area contributed by atoms with Crippen LogP contribution in [0.25, 0.3) is 0 Å². The Bertz CT molecular complexity index is 1130. The molecule has 4 fully saturated rings. The van der Waals surface area contributed by atoms with Crippen LogP contribution in [0.15, 0.2) is 0 Å². The van der Waals surface area contributed by atoms with Crippen LogP contribution in [-0.4, -0.2) is 109 Å². The zero-order chi connectivity index (χ0) is 38.9. The average molecular weight is 767 g/mol. The highest BCUT2D eigenvalue weighted by molar-refractivity contribution is 8.01. The lowest BCUT2D eigenvalue weighted by Gasteiger charge is -2.39. The molecule has 0 amide bonds. The molecule has 4 N–H and O–H groups in total. The molecular weight excluding hydrogens is 697 g/mol. The number of carbonyl (C=O) groups is 4. The van der Waals surface area contributed by atoms with Crippen molar-refractivity contribution in [3.63, 3.8) is 0 Å². The minimum atomic E-state index is -1.11. The maximum absolute atomic E-state index is 14.3. The fourth-order valence-electron chi connectivity index (χ4n) is 8.60. The largest absolute Gasteiger partial charge is 0.459 e. The molecule has 53 heavy (non-hydrogen) atoms. The van der Waals surface area contributed by atoms with Crippen LogP contribution >= 0.6 is 11.8 Å². The minimum Gasteiger partial charge on any atom is -0.459 e. The van der Waals surface area contributed by atoms with E-state index in [2.05, 4.69) is 21.3 Å². The Morgan fingerprint density at radius 1 is 0.453 bits per heavy atom. The Hall–Kier alpha value is -1.93. The lowest BCUT2D eigenvalue weighted by Crippen LogP contribution is -2.47. The Morgan fingerprint density at radius 3 is 0.925 bits per heavy atom. The number of hydrogen-bond acceptors (Lipinski definition) is 13. The normalized spacial score (nSPS) is 22.0. The van der Waals surface area contributed by atoms with Crippen LogP contribution in [0, 0.1) is 23.7 Å². The summed E-state index contributed by atoms with van der Waals surface area (Å²) in [5.74, 6) is -1.70. The summed E-state index contributed by atoms with van der Waals surface area (Å²) in [7, 11) is 0. The van der Waals surface area contributed by atoms with Crippen LogP contribution in [0.5, 0.6) is 0 Å². The Kier molecular flexibility index (Phi) is 15.9. The van der Waals surface area contributed by atoms with Gasteiger partial charge in [-0.2, -0.15) is 0 Å². The van der Waals surface area contributed by atoms with Gasteiger partial charge in [0.15, 0.2) is 0 Å². The second kappa shape index (κ2) is 19.3. The van der Waals surface area contributed by atoms with Crippen LogP contribution in [0.2, 0.25) is 0 Å². The molecule has 4 heterocycles. The van der Waals surface area contributed by atoms with Gasteiger partial charge >= 0.3 is 23.9 Å². The Balaban J connectivity index is 1.58. The molecule has 0 aromatic carbocycles. The number of hydrogen-bond donors (Lipinski definition) is 4. The van der Waals surface area contributed by atoms with Gasteiger partial charge < -0.3 is 40.2 Å². The van der Waals surface area contributed by atoms with Crippen molar-refractivity contribution >= 4 is 35.6 Å². The Labute approximate surface area is 322 Å². The molecule has 12 nitrogen and oxygen atoms in total. The molecule has 0 aromatic rings. The van der Waals surface area contributed by atoms with Crippen LogP contribution in [0.1, 0.15) is 120 Å². The molecule has 4 aliphatic heterocycles. The monoisotopic (exact) mass is 766 g/mol. The van der Waals surface area contributed by atoms with E-state index in [0.717, 1.165) is 115 Å². The summed E-state index contributed by atoms with van der Waals surface area (Å²) < 4.78 is 24.7. The molecule has 0 aromatic heterocycles. The van der Waals surface area contributed by atoms with Gasteiger partial charge in [0.2, 0.25) is 0 Å². The van der Waals surface area contributed by atoms with Gasteiger partial charge in [-0.15, -0.1) is 11.8 Å². The molecule has 0 aliphatic carbocycles. The number of esters is 4. The van der Waals surface area contributed by atoms with E-state index in [4.69, 9.17) is 18.9 Å². The van der Waals surface area contributed by atoms with E-state index in [0.29, 0.717) is 0 Å². The molecule has 0 radical (unpaired) electrons. The standard InChI is InChI=1S/C40H70N4O8S/c1-37(2,27-9-17-41-18-10-27)49-33(45)25-31(35(47)51-39(5,6)29-13-21-43-22-14-29)53-32(36(48)52-40(7,8)30-15-23-44-24-16-30)26-34(46)50-38(3,4)28-11-19-42-20-12-28/h27-32,41-44H,9-26H2,1-8H3. The van der Waals surface area contributed by atoms with Crippen molar-refractivity contribution < 1.29 is 38.1 Å². The molecular formula is C40H70N4O8S. The van der Waals surface area contributed by atoms with E-state index in [1.807, 2.05) is 55.4 Å². The van der Waals surface area contributed by atoms with E-state index in [9.17, 15) is 19.2 Å². The average Bonchev–Trinajstić information content (AvgIpc) is 3.11. The first kappa shape index (κ1) is 43.8. The first-order chi connectivity index (χ1) is 24.9. The zero-order valence-corrected chi connectivity index (χ0v) is 34.7. The predicted molar refractivity (Wildman–Crippen MR) is 207 cm³/mol. The molecule has 4 saturated heterocycles. The first-order valence-electron chi connectivity index (χ1n) is 20.3. The highest BCUT2D eigenvalue weighted by Gasteiger charge is 2.44. The van der Waals surface area contributed by atoms with Crippen molar-refractivity contribution in [1.29, 1.82) is 0 Å². The third-order valence-electron chi connectivity index (χ3n) is 12.3. The van der Waals surface area contributed by atoms with Crippen LogP contribution in [-0.2, 0) is 38.1 Å². The van der Waals surface area contributed by atoms with Gasteiger partial charge in [-0.25, -0.2) is 0 Å². The summed E-state index contributed by atoms with van der Waals surface area (Å²) in [4.78, 5) is 56.1. The number of carbonyl (C=O) groups excluding carboxylic acids is 4. The first-order valence-corrected chi connectivity index (χ1v) is 21.2. The molecule has 0 bridgehead atoms. The summed E-state index contributed by atoms with van der Waals surface area (Å²) in [6.45, 7) is 22.1. The molecule has 2 atom stereocenters.